The molecule has 0 fully saturated rings. The fraction of sp³-hybridized carbons (Fsp3) is 0.156. The summed E-state index contributed by atoms with van der Waals surface area (Å²) in [6, 6.07) is 25.1. The largest absolute Gasteiger partial charge is 0.508 e. The zero-order valence-corrected chi connectivity index (χ0v) is 24.7. The number of phenolic OH excluding ortho intramolecular Hbond substituents is 1. The number of rotatable bonds is 12. The van der Waals surface area contributed by atoms with Gasteiger partial charge in [-0.25, -0.2) is 18.4 Å². The van der Waals surface area contributed by atoms with Gasteiger partial charge in [-0.3, -0.25) is 14.4 Å². The molecule has 0 bridgehead atoms. The first kappa shape index (κ1) is 32.7. The molecule has 0 saturated carbocycles. The first-order valence-corrected chi connectivity index (χ1v) is 14.9. The molecule has 1 amide bonds. The van der Waals surface area contributed by atoms with Crippen LogP contribution in [-0.4, -0.2) is 43.1 Å². The first-order valence-electron chi connectivity index (χ1n) is 13.4. The molecule has 5 aromatic rings. The number of sulfonamides is 1. The van der Waals surface area contributed by atoms with E-state index in [1.807, 2.05) is 31.2 Å². The lowest BCUT2D eigenvalue weighted by Gasteiger charge is -2.15. The zero-order chi connectivity index (χ0) is 31.1. The number of fused-ring (bicyclic) bond motifs is 1. The van der Waals surface area contributed by atoms with Crippen LogP contribution in [0.3, 0.4) is 0 Å². The number of para-hydroxylation sites is 2. The van der Waals surface area contributed by atoms with Crippen LogP contribution in [0.1, 0.15) is 18.6 Å². The molecular weight excluding hydrogens is 596 g/mol. The molecule has 4 aromatic carbocycles. The first-order chi connectivity index (χ1) is 21.2. The summed E-state index contributed by atoms with van der Waals surface area (Å²) < 4.78 is 34.7. The predicted molar refractivity (Wildman–Crippen MR) is 174 cm³/mol. The van der Waals surface area contributed by atoms with Crippen LogP contribution in [0.25, 0.3) is 11.0 Å². The summed E-state index contributed by atoms with van der Waals surface area (Å²) in [5.74, 6) is -0.0776. The average molecular weight is 631 g/mol. The minimum atomic E-state index is -4.19. The number of ether oxygens (including phenoxy) is 1. The molecular formula is C32H34N6O6S. The SMILES string of the molecule is C.COc1cc(O)cc(Nc2nc3ccccc3nc2NS(=O)(=O)c2cccc(NC(=O)CNOCc3ccc(C)cc3)c2)c1. The van der Waals surface area contributed by atoms with Crippen molar-refractivity contribution >= 4 is 50.0 Å². The van der Waals surface area contributed by atoms with Gasteiger partial charge in [-0.05, 0) is 42.8 Å². The van der Waals surface area contributed by atoms with Crippen molar-refractivity contribution in [3.05, 3.63) is 102 Å². The summed E-state index contributed by atoms with van der Waals surface area (Å²) in [4.78, 5) is 26.7. The number of nitrogens with zero attached hydrogens (tertiary/aromatic N) is 2. The summed E-state index contributed by atoms with van der Waals surface area (Å²) >= 11 is 0. The van der Waals surface area contributed by atoms with Crippen LogP contribution in [0.4, 0.5) is 23.0 Å². The van der Waals surface area contributed by atoms with E-state index in [-0.39, 0.29) is 48.5 Å². The third kappa shape index (κ3) is 8.66. The van der Waals surface area contributed by atoms with Crippen molar-refractivity contribution in [2.75, 3.05) is 29.0 Å². The lowest BCUT2D eigenvalue weighted by atomic mass is 10.2. The van der Waals surface area contributed by atoms with Crippen molar-refractivity contribution < 1.29 is 27.9 Å². The van der Waals surface area contributed by atoms with Gasteiger partial charge in [-0.1, -0.05) is 55.5 Å². The van der Waals surface area contributed by atoms with Gasteiger partial charge in [0.1, 0.15) is 18.0 Å². The Balaban J connectivity index is 0.00000461. The molecule has 1 aromatic heterocycles. The van der Waals surface area contributed by atoms with Gasteiger partial charge >= 0.3 is 0 Å². The maximum Gasteiger partial charge on any atom is 0.263 e. The van der Waals surface area contributed by atoms with Crippen LogP contribution in [0.15, 0.2) is 95.9 Å². The van der Waals surface area contributed by atoms with E-state index in [0.29, 0.717) is 22.5 Å². The van der Waals surface area contributed by atoms with E-state index in [0.717, 1.165) is 11.1 Å². The molecule has 1 heterocycles. The van der Waals surface area contributed by atoms with Gasteiger partial charge in [0, 0.05) is 29.6 Å². The smallest absolute Gasteiger partial charge is 0.263 e. The van der Waals surface area contributed by atoms with Gasteiger partial charge < -0.3 is 20.5 Å². The fourth-order valence-electron chi connectivity index (χ4n) is 4.14. The third-order valence-electron chi connectivity index (χ3n) is 6.31. The minimum absolute atomic E-state index is 0. The van der Waals surface area contributed by atoms with E-state index < -0.39 is 15.9 Å². The predicted octanol–water partition coefficient (Wildman–Crippen LogP) is 5.49. The lowest BCUT2D eigenvalue weighted by molar-refractivity contribution is -0.118. The van der Waals surface area contributed by atoms with E-state index in [1.54, 1.807) is 36.4 Å². The lowest BCUT2D eigenvalue weighted by Crippen LogP contribution is -2.28. The Kier molecular flexibility index (Phi) is 10.5. The molecule has 0 saturated heterocycles. The number of hydrogen-bond donors (Lipinski definition) is 5. The number of amides is 1. The Morgan fingerprint density at radius 2 is 1.58 bits per heavy atom. The second kappa shape index (κ2) is 14.5. The molecule has 5 N–H and O–H groups in total. The van der Waals surface area contributed by atoms with Crippen LogP contribution in [0.5, 0.6) is 11.5 Å². The number of methoxy groups -OCH3 is 1. The topological polar surface area (TPSA) is 164 Å². The third-order valence-corrected chi connectivity index (χ3v) is 7.65. The van der Waals surface area contributed by atoms with E-state index in [1.165, 1.54) is 37.4 Å². The molecule has 0 unspecified atom stereocenters. The van der Waals surface area contributed by atoms with Crippen molar-refractivity contribution in [2.24, 2.45) is 0 Å². The molecule has 0 atom stereocenters. The maximum atomic E-state index is 13.5. The molecule has 5 rings (SSSR count). The molecule has 13 heteroatoms. The normalized spacial score (nSPS) is 11.0. The minimum Gasteiger partial charge on any atom is -0.508 e. The summed E-state index contributed by atoms with van der Waals surface area (Å²) in [5.41, 5.74) is 6.34. The van der Waals surface area contributed by atoms with Crippen molar-refractivity contribution in [3.8, 4) is 11.5 Å². The van der Waals surface area contributed by atoms with E-state index in [4.69, 9.17) is 9.57 Å². The van der Waals surface area contributed by atoms with Crippen molar-refractivity contribution in [2.45, 2.75) is 25.9 Å². The standard InChI is InChI=1S/C31H30N6O6S.CH4/c1-20-10-12-21(13-11-20)19-43-32-18-29(39)33-22-6-5-7-26(16-22)44(40,41)37-31-30(35-27-8-3-4-9-28(27)36-31)34-23-14-24(38)17-25(15-23)42-2;/h3-17,32,38H,18-19H2,1-2H3,(H,33,39)(H,34,35)(H,36,37);1H4. The number of aromatic nitrogens is 2. The number of aryl methyl sites for hydroxylation is 1. The summed E-state index contributed by atoms with van der Waals surface area (Å²) in [7, 11) is -2.73. The average Bonchev–Trinajstić information content (AvgIpc) is 3.00. The Morgan fingerprint density at radius 1 is 0.867 bits per heavy atom. The summed E-state index contributed by atoms with van der Waals surface area (Å²) in [6.07, 6.45) is 0. The van der Waals surface area contributed by atoms with Crippen LogP contribution < -0.4 is 25.6 Å². The Hall–Kier alpha value is -5.24. The quantitative estimate of drug-likeness (QED) is 0.0879. The highest BCUT2D eigenvalue weighted by molar-refractivity contribution is 7.92. The number of nitrogens with one attached hydrogen (secondary N) is 4. The number of benzene rings is 4. The summed E-state index contributed by atoms with van der Waals surface area (Å²) in [5, 5.41) is 15.7. The van der Waals surface area contributed by atoms with Crippen LogP contribution >= 0.6 is 0 Å². The molecule has 0 spiro atoms. The van der Waals surface area contributed by atoms with E-state index in [9.17, 15) is 18.3 Å². The fourth-order valence-corrected chi connectivity index (χ4v) is 5.19. The molecule has 0 aliphatic heterocycles. The number of aromatic hydroxyl groups is 1. The van der Waals surface area contributed by atoms with Gasteiger partial charge in [0.2, 0.25) is 5.91 Å². The second-order valence-electron chi connectivity index (χ2n) is 9.73. The number of carbonyl (C=O) groups is 1. The van der Waals surface area contributed by atoms with Crippen LogP contribution in [0.2, 0.25) is 0 Å². The van der Waals surface area contributed by atoms with Gasteiger partial charge in [0.15, 0.2) is 11.6 Å². The highest BCUT2D eigenvalue weighted by atomic mass is 32.2. The van der Waals surface area contributed by atoms with Crippen LogP contribution in [-0.2, 0) is 26.3 Å². The van der Waals surface area contributed by atoms with Gasteiger partial charge in [0.05, 0.1) is 29.6 Å². The second-order valence-corrected chi connectivity index (χ2v) is 11.4. The molecule has 234 valence electrons. The zero-order valence-electron chi connectivity index (χ0n) is 23.9. The number of hydrogen-bond acceptors (Lipinski definition) is 10. The maximum absolute atomic E-state index is 13.5. The molecule has 0 radical (unpaired) electrons. The Labute approximate surface area is 261 Å². The molecule has 45 heavy (non-hydrogen) atoms. The number of phenols is 1. The van der Waals surface area contributed by atoms with E-state index >= 15 is 0 Å². The van der Waals surface area contributed by atoms with Crippen molar-refractivity contribution in [1.29, 1.82) is 0 Å². The van der Waals surface area contributed by atoms with Gasteiger partial charge in [0.25, 0.3) is 10.0 Å². The number of carbonyl (C=O) groups excluding carboxylic acids is 1. The summed E-state index contributed by atoms with van der Waals surface area (Å²) in [6.45, 7) is 2.12. The van der Waals surface area contributed by atoms with Gasteiger partial charge in [-0.2, -0.15) is 5.48 Å². The van der Waals surface area contributed by atoms with E-state index in [2.05, 4.69) is 30.8 Å². The highest BCUT2D eigenvalue weighted by Crippen LogP contribution is 2.31. The van der Waals surface area contributed by atoms with Gasteiger partial charge in [-0.15, -0.1) is 0 Å². The van der Waals surface area contributed by atoms with Crippen molar-refractivity contribution in [3.63, 3.8) is 0 Å². The molecule has 0 aliphatic carbocycles. The highest BCUT2D eigenvalue weighted by Gasteiger charge is 2.20. The molecule has 0 aliphatic rings. The Morgan fingerprint density at radius 3 is 2.29 bits per heavy atom. The Bertz CT molecular complexity index is 1900. The number of hydroxylamine groups is 1. The molecule has 12 nitrogen and oxygen atoms in total. The number of anilines is 4. The van der Waals surface area contributed by atoms with Crippen LogP contribution in [0, 0.1) is 6.92 Å². The monoisotopic (exact) mass is 630 g/mol. The van der Waals surface area contributed by atoms with Crippen molar-refractivity contribution in [1.82, 2.24) is 15.4 Å².